The highest BCUT2D eigenvalue weighted by Gasteiger charge is 2.08. The Bertz CT molecular complexity index is 976. The Balaban J connectivity index is 1.65. The molecule has 0 spiro atoms. The van der Waals surface area contributed by atoms with Gasteiger partial charge in [-0.25, -0.2) is 0 Å². The third kappa shape index (κ3) is 4.65. The molecule has 0 saturated heterocycles. The Kier molecular flexibility index (Phi) is 5.31. The first-order valence-corrected chi connectivity index (χ1v) is 9.29. The van der Waals surface area contributed by atoms with Crippen LogP contribution in [0.5, 0.6) is 11.5 Å². The number of benzene rings is 4. The van der Waals surface area contributed by atoms with Gasteiger partial charge in [0.05, 0.1) is 0 Å². The van der Waals surface area contributed by atoms with Crippen molar-refractivity contribution in [3.05, 3.63) is 131 Å². The highest BCUT2D eigenvalue weighted by Crippen LogP contribution is 2.29. The largest absolute Gasteiger partial charge is 0.457 e. The minimum atomic E-state index is 0.853. The van der Waals surface area contributed by atoms with E-state index in [4.69, 9.17) is 4.74 Å². The van der Waals surface area contributed by atoms with E-state index in [2.05, 4.69) is 78.9 Å². The second-order valence-corrected chi connectivity index (χ2v) is 6.68. The molecule has 132 valence electrons. The van der Waals surface area contributed by atoms with Crippen LogP contribution in [0.25, 0.3) is 0 Å². The molecule has 0 N–H and O–H groups in total. The van der Waals surface area contributed by atoms with Crippen molar-refractivity contribution in [2.45, 2.75) is 12.8 Å². The molecule has 0 aromatic heterocycles. The smallest absolute Gasteiger partial charge is 0.130 e. The van der Waals surface area contributed by atoms with Crippen molar-refractivity contribution in [2.24, 2.45) is 0 Å². The van der Waals surface area contributed by atoms with E-state index in [-0.39, 0.29) is 0 Å². The van der Waals surface area contributed by atoms with Crippen LogP contribution in [0.3, 0.4) is 0 Å². The summed E-state index contributed by atoms with van der Waals surface area (Å²) in [6.45, 7) is 0. The van der Waals surface area contributed by atoms with Crippen molar-refractivity contribution in [1.29, 1.82) is 0 Å². The molecule has 4 rings (SSSR count). The van der Waals surface area contributed by atoms with Crippen molar-refractivity contribution in [3.8, 4) is 11.5 Å². The van der Waals surface area contributed by atoms with E-state index in [1.54, 1.807) is 0 Å². The van der Waals surface area contributed by atoms with Gasteiger partial charge >= 0.3 is 0 Å². The Labute approximate surface area is 160 Å². The zero-order valence-electron chi connectivity index (χ0n) is 15.2. The highest BCUT2D eigenvalue weighted by molar-refractivity contribution is 5.44. The van der Waals surface area contributed by atoms with Crippen LogP contribution in [0.2, 0.25) is 0 Å². The van der Waals surface area contributed by atoms with Gasteiger partial charge in [0, 0.05) is 6.42 Å². The first-order valence-electron chi connectivity index (χ1n) is 9.29. The van der Waals surface area contributed by atoms with Crippen LogP contribution in [0.15, 0.2) is 109 Å². The molecule has 0 bridgehead atoms. The third-order valence-electron chi connectivity index (χ3n) is 4.58. The minimum absolute atomic E-state index is 0.853. The fraction of sp³-hybridized carbons (Fsp3) is 0.0769. The summed E-state index contributed by atoms with van der Waals surface area (Å²) in [5.74, 6) is 1.78. The van der Waals surface area contributed by atoms with Gasteiger partial charge in [0.15, 0.2) is 0 Å². The zero-order chi connectivity index (χ0) is 18.3. The fourth-order valence-electron chi connectivity index (χ4n) is 3.24. The molecule has 0 saturated carbocycles. The molecule has 0 aliphatic heterocycles. The van der Waals surface area contributed by atoms with Crippen molar-refractivity contribution in [3.63, 3.8) is 0 Å². The molecular formula is C26H22O. The first kappa shape index (κ1) is 17.1. The van der Waals surface area contributed by atoms with Crippen molar-refractivity contribution >= 4 is 0 Å². The quantitative estimate of drug-likeness (QED) is 0.378. The van der Waals surface area contributed by atoms with Crippen LogP contribution in [-0.2, 0) is 12.8 Å². The zero-order valence-corrected chi connectivity index (χ0v) is 15.2. The Morgan fingerprint density at radius 2 is 1.04 bits per heavy atom. The van der Waals surface area contributed by atoms with Crippen LogP contribution >= 0.6 is 0 Å². The van der Waals surface area contributed by atoms with Crippen LogP contribution in [0, 0.1) is 0 Å². The number of rotatable bonds is 6. The summed E-state index contributed by atoms with van der Waals surface area (Å²) < 4.78 is 6.19. The maximum Gasteiger partial charge on any atom is 0.130 e. The molecule has 0 unspecified atom stereocenters. The fourth-order valence-corrected chi connectivity index (χ4v) is 3.24. The summed E-state index contributed by atoms with van der Waals surface area (Å²) >= 11 is 0. The van der Waals surface area contributed by atoms with Crippen LogP contribution in [0.4, 0.5) is 0 Å². The standard InChI is InChI=1S/C26H22O/c1-4-10-21(11-5-1)18-23-16-17-26(27-25-14-8-3-9-15-25)24(20-23)19-22-12-6-2-7-13-22/h1-17,20H,18-19H2. The number of para-hydroxylation sites is 1. The monoisotopic (exact) mass is 350 g/mol. The maximum absolute atomic E-state index is 6.19. The molecule has 0 radical (unpaired) electrons. The lowest BCUT2D eigenvalue weighted by molar-refractivity contribution is 0.477. The van der Waals surface area contributed by atoms with E-state index < -0.39 is 0 Å². The molecular weight excluding hydrogens is 328 g/mol. The number of hydrogen-bond acceptors (Lipinski definition) is 1. The lowest BCUT2D eigenvalue weighted by Gasteiger charge is -2.14. The number of hydrogen-bond donors (Lipinski definition) is 0. The van der Waals surface area contributed by atoms with Crippen molar-refractivity contribution < 1.29 is 4.74 Å². The second kappa shape index (κ2) is 8.37. The van der Waals surface area contributed by atoms with Gasteiger partial charge < -0.3 is 4.74 Å². The van der Waals surface area contributed by atoms with Crippen molar-refractivity contribution in [2.75, 3.05) is 0 Å². The van der Waals surface area contributed by atoms with Crippen molar-refractivity contribution in [1.82, 2.24) is 0 Å². The number of ether oxygens (including phenoxy) is 1. The normalized spacial score (nSPS) is 10.5. The second-order valence-electron chi connectivity index (χ2n) is 6.68. The van der Waals surface area contributed by atoms with Crippen LogP contribution in [-0.4, -0.2) is 0 Å². The summed E-state index contributed by atoms with van der Waals surface area (Å²) in [4.78, 5) is 0. The average molecular weight is 350 g/mol. The SMILES string of the molecule is c1ccc(Cc2ccc(Oc3ccccc3)c(Cc3ccccc3)c2)cc1. The predicted molar refractivity (Wildman–Crippen MR) is 111 cm³/mol. The van der Waals surface area contributed by atoms with E-state index in [1.165, 1.54) is 22.3 Å². The summed E-state index contributed by atoms with van der Waals surface area (Å²) in [6.07, 6.45) is 1.78. The first-order chi connectivity index (χ1) is 13.4. The van der Waals surface area contributed by atoms with Gasteiger partial charge in [-0.3, -0.25) is 0 Å². The van der Waals surface area contributed by atoms with Crippen LogP contribution in [0.1, 0.15) is 22.3 Å². The molecule has 0 amide bonds. The molecule has 0 aliphatic carbocycles. The molecule has 1 nitrogen and oxygen atoms in total. The maximum atomic E-state index is 6.19. The van der Waals surface area contributed by atoms with Crippen LogP contribution < -0.4 is 4.74 Å². The van der Waals surface area contributed by atoms with E-state index in [0.29, 0.717) is 0 Å². The molecule has 4 aromatic rings. The molecule has 0 atom stereocenters. The summed E-state index contributed by atoms with van der Waals surface area (Å²) in [6, 6.07) is 37.6. The van der Waals surface area contributed by atoms with Gasteiger partial charge in [-0.2, -0.15) is 0 Å². The van der Waals surface area contributed by atoms with E-state index >= 15 is 0 Å². The molecule has 27 heavy (non-hydrogen) atoms. The third-order valence-corrected chi connectivity index (χ3v) is 4.58. The van der Waals surface area contributed by atoms with Gasteiger partial charge in [-0.1, -0.05) is 91.0 Å². The molecule has 0 heterocycles. The predicted octanol–water partition coefficient (Wildman–Crippen LogP) is 6.66. The highest BCUT2D eigenvalue weighted by atomic mass is 16.5. The lowest BCUT2D eigenvalue weighted by Crippen LogP contribution is -1.97. The minimum Gasteiger partial charge on any atom is -0.457 e. The van der Waals surface area contributed by atoms with Gasteiger partial charge in [0.1, 0.15) is 11.5 Å². The van der Waals surface area contributed by atoms with E-state index in [1.807, 2.05) is 30.3 Å². The summed E-state index contributed by atoms with van der Waals surface area (Å²) in [5.41, 5.74) is 5.11. The Hall–Kier alpha value is -3.32. The topological polar surface area (TPSA) is 9.23 Å². The molecule has 0 aliphatic rings. The van der Waals surface area contributed by atoms with Gasteiger partial charge in [-0.05, 0) is 46.9 Å². The van der Waals surface area contributed by atoms with Gasteiger partial charge in [0.2, 0.25) is 0 Å². The van der Waals surface area contributed by atoms with E-state index in [0.717, 1.165) is 24.3 Å². The summed E-state index contributed by atoms with van der Waals surface area (Å²) in [7, 11) is 0. The summed E-state index contributed by atoms with van der Waals surface area (Å²) in [5, 5.41) is 0. The molecule has 0 fully saturated rings. The Morgan fingerprint density at radius 3 is 1.67 bits per heavy atom. The average Bonchev–Trinajstić information content (AvgIpc) is 2.72. The molecule has 1 heteroatoms. The van der Waals surface area contributed by atoms with Gasteiger partial charge in [0.25, 0.3) is 0 Å². The lowest BCUT2D eigenvalue weighted by atomic mass is 9.98. The van der Waals surface area contributed by atoms with Gasteiger partial charge in [-0.15, -0.1) is 0 Å². The molecule has 4 aromatic carbocycles. The Morgan fingerprint density at radius 1 is 0.481 bits per heavy atom. The van der Waals surface area contributed by atoms with E-state index in [9.17, 15) is 0 Å².